The van der Waals surface area contributed by atoms with Crippen LogP contribution in [-0.4, -0.2) is 48.1 Å². The zero-order valence-electron chi connectivity index (χ0n) is 11.5. The van der Waals surface area contributed by atoms with Crippen molar-refractivity contribution in [3.05, 3.63) is 0 Å². The van der Waals surface area contributed by atoms with Crippen LogP contribution in [0.25, 0.3) is 0 Å². The fraction of sp³-hybridized carbons (Fsp3) is 0.846. The summed E-state index contributed by atoms with van der Waals surface area (Å²) in [6.45, 7) is 5.72. The van der Waals surface area contributed by atoms with Gasteiger partial charge in [-0.1, -0.05) is 13.8 Å². The lowest BCUT2D eigenvalue weighted by Crippen LogP contribution is -2.46. The highest BCUT2D eigenvalue weighted by atomic mass is 16.4. The number of amides is 1. The van der Waals surface area contributed by atoms with Crippen molar-refractivity contribution in [2.75, 3.05) is 20.1 Å². The van der Waals surface area contributed by atoms with Crippen molar-refractivity contribution in [1.82, 2.24) is 10.2 Å². The van der Waals surface area contributed by atoms with Gasteiger partial charge in [0.1, 0.15) is 6.04 Å². The molecule has 0 aromatic rings. The lowest BCUT2D eigenvalue weighted by molar-refractivity contribution is -0.143. The van der Waals surface area contributed by atoms with E-state index in [1.54, 1.807) is 0 Å². The summed E-state index contributed by atoms with van der Waals surface area (Å²) in [5, 5.41) is 11.8. The standard InChI is InChI=1S/C13H24N2O3/c1-9(2)8-11(13(17)18)14-12(16)10-4-6-15(3)7-5-10/h9-11H,4-8H2,1-3H3,(H,14,16)(H,17,18). The Labute approximate surface area is 109 Å². The summed E-state index contributed by atoms with van der Waals surface area (Å²) in [5.74, 6) is -0.819. The molecule has 0 saturated carbocycles. The molecule has 1 aliphatic rings. The van der Waals surface area contributed by atoms with Crippen LogP contribution in [0.2, 0.25) is 0 Å². The Hall–Kier alpha value is -1.10. The van der Waals surface area contributed by atoms with E-state index in [1.165, 1.54) is 0 Å². The van der Waals surface area contributed by atoms with Gasteiger partial charge in [-0.15, -0.1) is 0 Å². The summed E-state index contributed by atoms with van der Waals surface area (Å²) < 4.78 is 0. The van der Waals surface area contributed by atoms with E-state index in [0.29, 0.717) is 6.42 Å². The van der Waals surface area contributed by atoms with Gasteiger partial charge in [-0.3, -0.25) is 4.79 Å². The minimum absolute atomic E-state index is 0.0322. The normalized spacial score (nSPS) is 19.8. The van der Waals surface area contributed by atoms with E-state index in [0.717, 1.165) is 25.9 Å². The van der Waals surface area contributed by atoms with Crippen LogP contribution in [0.5, 0.6) is 0 Å². The Morgan fingerprint density at radius 2 is 1.89 bits per heavy atom. The molecule has 1 fully saturated rings. The first-order valence-corrected chi connectivity index (χ1v) is 6.62. The Balaban J connectivity index is 2.48. The third-order valence-electron chi connectivity index (χ3n) is 3.41. The Morgan fingerprint density at radius 1 is 1.33 bits per heavy atom. The van der Waals surface area contributed by atoms with E-state index < -0.39 is 12.0 Å². The van der Waals surface area contributed by atoms with Crippen LogP contribution in [0.4, 0.5) is 0 Å². The Kier molecular flexibility index (Phi) is 5.59. The number of hydrogen-bond donors (Lipinski definition) is 2. The number of carboxylic acids is 1. The summed E-state index contributed by atoms with van der Waals surface area (Å²) in [4.78, 5) is 25.3. The molecule has 1 amide bonds. The smallest absolute Gasteiger partial charge is 0.326 e. The van der Waals surface area contributed by atoms with Crippen LogP contribution in [0.3, 0.4) is 0 Å². The number of nitrogens with zero attached hydrogens (tertiary/aromatic N) is 1. The molecule has 1 heterocycles. The first-order valence-electron chi connectivity index (χ1n) is 6.62. The van der Waals surface area contributed by atoms with E-state index in [4.69, 9.17) is 5.11 Å². The van der Waals surface area contributed by atoms with Gasteiger partial charge in [-0.05, 0) is 45.3 Å². The quantitative estimate of drug-likeness (QED) is 0.768. The van der Waals surface area contributed by atoms with Crippen molar-refractivity contribution in [3.8, 4) is 0 Å². The minimum atomic E-state index is -0.940. The molecule has 2 N–H and O–H groups in total. The molecule has 1 atom stereocenters. The number of aliphatic carboxylic acids is 1. The van der Waals surface area contributed by atoms with E-state index in [9.17, 15) is 9.59 Å². The second kappa shape index (κ2) is 6.73. The average molecular weight is 256 g/mol. The number of carboxylic acid groups (broad SMARTS) is 1. The van der Waals surface area contributed by atoms with Crippen molar-refractivity contribution in [2.45, 2.75) is 39.2 Å². The van der Waals surface area contributed by atoms with Gasteiger partial charge < -0.3 is 15.3 Å². The predicted molar refractivity (Wildman–Crippen MR) is 69.2 cm³/mol. The summed E-state index contributed by atoms with van der Waals surface area (Å²) >= 11 is 0. The first-order chi connectivity index (χ1) is 8.40. The van der Waals surface area contributed by atoms with Crippen molar-refractivity contribution in [1.29, 1.82) is 0 Å². The SMILES string of the molecule is CC(C)CC(NC(=O)C1CCN(C)CC1)C(=O)O. The molecule has 0 aliphatic carbocycles. The van der Waals surface area contributed by atoms with Crippen LogP contribution in [0, 0.1) is 11.8 Å². The predicted octanol–water partition coefficient (Wildman–Crippen LogP) is 0.944. The number of carbonyl (C=O) groups is 2. The van der Waals surface area contributed by atoms with E-state index in [2.05, 4.69) is 10.2 Å². The molecule has 1 saturated heterocycles. The third-order valence-corrected chi connectivity index (χ3v) is 3.41. The summed E-state index contributed by atoms with van der Waals surface area (Å²) in [6.07, 6.45) is 2.11. The lowest BCUT2D eigenvalue weighted by Gasteiger charge is -2.29. The fourth-order valence-electron chi connectivity index (χ4n) is 2.25. The molecule has 5 nitrogen and oxygen atoms in total. The van der Waals surface area contributed by atoms with Crippen LogP contribution < -0.4 is 5.32 Å². The van der Waals surface area contributed by atoms with Crippen molar-refractivity contribution in [2.24, 2.45) is 11.8 Å². The third kappa shape index (κ3) is 4.64. The second-order valence-electron chi connectivity index (χ2n) is 5.61. The number of piperidine rings is 1. The van der Waals surface area contributed by atoms with Gasteiger partial charge in [0.15, 0.2) is 0 Å². The molecule has 1 rings (SSSR count). The molecular weight excluding hydrogens is 232 g/mol. The molecule has 104 valence electrons. The van der Waals surface area contributed by atoms with Gasteiger partial charge in [0.05, 0.1) is 0 Å². The molecule has 1 aliphatic heterocycles. The molecule has 0 aromatic heterocycles. The molecule has 0 spiro atoms. The van der Waals surface area contributed by atoms with E-state index in [1.807, 2.05) is 20.9 Å². The molecule has 1 unspecified atom stereocenters. The van der Waals surface area contributed by atoms with E-state index >= 15 is 0 Å². The Morgan fingerprint density at radius 3 is 2.33 bits per heavy atom. The van der Waals surface area contributed by atoms with Crippen LogP contribution >= 0.6 is 0 Å². The molecule has 0 radical (unpaired) electrons. The maximum Gasteiger partial charge on any atom is 0.326 e. The first kappa shape index (κ1) is 15.0. The number of likely N-dealkylation sites (tertiary alicyclic amines) is 1. The van der Waals surface area contributed by atoms with Gasteiger partial charge in [0, 0.05) is 5.92 Å². The highest BCUT2D eigenvalue weighted by molar-refractivity contribution is 5.85. The average Bonchev–Trinajstić information content (AvgIpc) is 2.28. The highest BCUT2D eigenvalue weighted by Crippen LogP contribution is 2.16. The van der Waals surface area contributed by atoms with Crippen LogP contribution in [0.1, 0.15) is 33.1 Å². The maximum absolute atomic E-state index is 12.0. The second-order valence-corrected chi connectivity index (χ2v) is 5.61. The number of carbonyl (C=O) groups excluding carboxylic acids is 1. The largest absolute Gasteiger partial charge is 0.480 e. The topological polar surface area (TPSA) is 69.6 Å². The zero-order chi connectivity index (χ0) is 13.7. The highest BCUT2D eigenvalue weighted by Gasteiger charge is 2.27. The summed E-state index contributed by atoms with van der Waals surface area (Å²) in [7, 11) is 2.03. The van der Waals surface area contributed by atoms with Crippen molar-refractivity contribution in [3.63, 3.8) is 0 Å². The zero-order valence-corrected chi connectivity index (χ0v) is 11.5. The summed E-state index contributed by atoms with van der Waals surface area (Å²) in [5.41, 5.74) is 0. The van der Waals surface area contributed by atoms with Gasteiger partial charge in [0.2, 0.25) is 5.91 Å². The van der Waals surface area contributed by atoms with E-state index in [-0.39, 0.29) is 17.7 Å². The number of hydrogen-bond acceptors (Lipinski definition) is 3. The number of nitrogens with one attached hydrogen (secondary N) is 1. The molecule has 0 aromatic carbocycles. The Bertz CT molecular complexity index is 297. The van der Waals surface area contributed by atoms with Gasteiger partial charge in [0.25, 0.3) is 0 Å². The molecular formula is C13H24N2O3. The van der Waals surface area contributed by atoms with Crippen LogP contribution in [-0.2, 0) is 9.59 Å². The lowest BCUT2D eigenvalue weighted by atomic mass is 9.95. The summed E-state index contributed by atoms with van der Waals surface area (Å²) in [6, 6.07) is -0.753. The minimum Gasteiger partial charge on any atom is -0.480 e. The van der Waals surface area contributed by atoms with Crippen molar-refractivity contribution >= 4 is 11.9 Å². The van der Waals surface area contributed by atoms with Gasteiger partial charge >= 0.3 is 5.97 Å². The van der Waals surface area contributed by atoms with Crippen molar-refractivity contribution < 1.29 is 14.7 Å². The molecule has 0 bridgehead atoms. The van der Waals surface area contributed by atoms with Gasteiger partial charge in [-0.25, -0.2) is 4.79 Å². The molecule has 18 heavy (non-hydrogen) atoms. The molecule has 5 heteroatoms. The monoisotopic (exact) mass is 256 g/mol. The number of rotatable bonds is 5. The fourth-order valence-corrected chi connectivity index (χ4v) is 2.25. The maximum atomic E-state index is 12.0. The van der Waals surface area contributed by atoms with Gasteiger partial charge in [-0.2, -0.15) is 0 Å². The van der Waals surface area contributed by atoms with Crippen LogP contribution in [0.15, 0.2) is 0 Å².